The summed E-state index contributed by atoms with van der Waals surface area (Å²) in [7, 11) is 0. The van der Waals surface area contributed by atoms with Crippen LogP contribution < -0.4 is 5.32 Å². The van der Waals surface area contributed by atoms with Crippen molar-refractivity contribution in [1.29, 1.82) is 0 Å². The van der Waals surface area contributed by atoms with Gasteiger partial charge in [-0.05, 0) is 77.0 Å². The fourth-order valence-electron chi connectivity index (χ4n) is 13.0. The summed E-state index contributed by atoms with van der Waals surface area (Å²) in [6.07, 6.45) is 100.0. The van der Waals surface area contributed by atoms with E-state index in [1.807, 2.05) is 0 Å². The van der Waals surface area contributed by atoms with Gasteiger partial charge in [-0.2, -0.15) is 0 Å². The van der Waals surface area contributed by atoms with E-state index in [-0.39, 0.29) is 18.5 Å². The van der Waals surface area contributed by atoms with Crippen molar-refractivity contribution in [3.63, 3.8) is 0 Å². The average molecular weight is 1240 g/mol. The van der Waals surface area contributed by atoms with Crippen molar-refractivity contribution in [1.82, 2.24) is 5.32 Å². The summed E-state index contributed by atoms with van der Waals surface area (Å²) in [6, 6.07) is -0.539. The summed E-state index contributed by atoms with van der Waals surface area (Å²) in [4.78, 5) is 24.6. The molecule has 0 saturated heterocycles. The van der Waals surface area contributed by atoms with E-state index in [9.17, 15) is 19.8 Å². The van der Waals surface area contributed by atoms with Crippen LogP contribution >= 0.6 is 0 Å². The number of carbonyl (C=O) groups excluding carboxylic acids is 2. The van der Waals surface area contributed by atoms with E-state index in [2.05, 4.69) is 43.5 Å². The third-order valence-corrected chi connectivity index (χ3v) is 19.2. The van der Waals surface area contributed by atoms with Crippen molar-refractivity contribution in [2.75, 3.05) is 13.2 Å². The number of aliphatic hydroxyl groups is 2. The average Bonchev–Trinajstić information content (AvgIpc) is 3.60. The Morgan fingerprint density at radius 1 is 0.307 bits per heavy atom. The van der Waals surface area contributed by atoms with Crippen molar-refractivity contribution in [2.24, 2.45) is 0 Å². The van der Waals surface area contributed by atoms with E-state index in [4.69, 9.17) is 4.74 Å². The van der Waals surface area contributed by atoms with E-state index in [0.717, 1.165) is 44.9 Å². The number of allylic oxidation sites excluding steroid dienone is 4. The Bertz CT molecular complexity index is 1380. The van der Waals surface area contributed by atoms with Crippen LogP contribution in [-0.2, 0) is 14.3 Å². The molecule has 0 radical (unpaired) electrons. The molecule has 0 spiro atoms. The maximum atomic E-state index is 12.6. The summed E-state index contributed by atoms with van der Waals surface area (Å²) >= 11 is 0. The second-order valence-corrected chi connectivity index (χ2v) is 28.1. The van der Waals surface area contributed by atoms with Gasteiger partial charge in [0.2, 0.25) is 5.91 Å². The molecule has 0 rings (SSSR count). The molecule has 0 saturated carbocycles. The molecule has 0 aromatic carbocycles. The maximum Gasteiger partial charge on any atom is 0.305 e. The van der Waals surface area contributed by atoms with Gasteiger partial charge >= 0.3 is 5.97 Å². The first kappa shape index (κ1) is 86.3. The van der Waals surface area contributed by atoms with Gasteiger partial charge in [0.05, 0.1) is 25.4 Å². The molecule has 0 aliphatic carbocycles. The Balaban J connectivity index is 3.33. The number of amides is 1. The van der Waals surface area contributed by atoms with Gasteiger partial charge in [0.1, 0.15) is 0 Å². The van der Waals surface area contributed by atoms with Crippen LogP contribution in [-0.4, -0.2) is 47.4 Å². The summed E-state index contributed by atoms with van der Waals surface area (Å²) in [5, 5.41) is 23.4. The predicted molar refractivity (Wildman–Crippen MR) is 389 cm³/mol. The highest BCUT2D eigenvalue weighted by Crippen LogP contribution is 2.20. The Morgan fingerprint density at radius 3 is 0.807 bits per heavy atom. The largest absolute Gasteiger partial charge is 0.466 e. The number of rotatable bonds is 77. The van der Waals surface area contributed by atoms with Gasteiger partial charge in [-0.25, -0.2) is 0 Å². The summed E-state index contributed by atoms with van der Waals surface area (Å²) in [6.45, 7) is 5.00. The second-order valence-electron chi connectivity index (χ2n) is 28.1. The topological polar surface area (TPSA) is 95.9 Å². The molecule has 0 fully saturated rings. The van der Waals surface area contributed by atoms with Gasteiger partial charge in [-0.1, -0.05) is 398 Å². The van der Waals surface area contributed by atoms with E-state index < -0.39 is 12.1 Å². The Labute approximate surface area is 551 Å². The summed E-state index contributed by atoms with van der Waals surface area (Å²) in [5.41, 5.74) is 0. The van der Waals surface area contributed by atoms with Crippen LogP contribution in [0.5, 0.6) is 0 Å². The Hall–Kier alpha value is -1.66. The fraction of sp³-hybridized carbons (Fsp3) is 0.927. The molecule has 2 atom stereocenters. The van der Waals surface area contributed by atoms with Crippen LogP contribution in [0.3, 0.4) is 0 Å². The molecule has 0 aliphatic heterocycles. The van der Waals surface area contributed by atoms with Gasteiger partial charge in [-0.15, -0.1) is 0 Å². The molecule has 0 aliphatic rings. The van der Waals surface area contributed by atoms with E-state index in [0.29, 0.717) is 25.9 Å². The molecular weight excluding hydrogens is 1080 g/mol. The monoisotopic (exact) mass is 1240 g/mol. The van der Waals surface area contributed by atoms with Gasteiger partial charge in [0.25, 0.3) is 0 Å². The maximum absolute atomic E-state index is 12.6. The zero-order valence-electron chi connectivity index (χ0n) is 60.0. The van der Waals surface area contributed by atoms with Crippen LogP contribution in [0.4, 0.5) is 0 Å². The minimum atomic E-state index is -0.662. The van der Waals surface area contributed by atoms with Gasteiger partial charge in [0.15, 0.2) is 0 Å². The van der Waals surface area contributed by atoms with Crippen LogP contribution in [0.1, 0.15) is 463 Å². The Morgan fingerprint density at radius 2 is 0.534 bits per heavy atom. The first-order valence-corrected chi connectivity index (χ1v) is 40.6. The van der Waals surface area contributed by atoms with Crippen LogP contribution in [0.25, 0.3) is 0 Å². The summed E-state index contributed by atoms with van der Waals surface area (Å²) < 4.78 is 5.50. The SMILES string of the molecule is CCCCCCCC/C=C\CCCCCCCC(=O)OCCCCCCCCCCCCCCCCCC/C=C\CCCCCCCCCCCCCCCCCCCC(=O)NC(CO)C(O)CCCCCCCCCCCCCCCCCCCCC. The minimum absolute atomic E-state index is 0.0144. The number of esters is 1. The molecule has 0 aromatic heterocycles. The fourth-order valence-corrected chi connectivity index (χ4v) is 13.0. The predicted octanol–water partition coefficient (Wildman–Crippen LogP) is 26.8. The molecule has 0 bridgehead atoms. The van der Waals surface area contributed by atoms with Gasteiger partial charge in [0, 0.05) is 12.8 Å². The van der Waals surface area contributed by atoms with Crippen LogP contribution in [0, 0.1) is 0 Å². The highest BCUT2D eigenvalue weighted by Gasteiger charge is 2.20. The highest BCUT2D eigenvalue weighted by molar-refractivity contribution is 5.76. The van der Waals surface area contributed by atoms with Crippen molar-refractivity contribution in [3.8, 4) is 0 Å². The van der Waals surface area contributed by atoms with Crippen LogP contribution in [0.2, 0.25) is 0 Å². The number of hydrogen-bond acceptors (Lipinski definition) is 5. The van der Waals surface area contributed by atoms with Crippen molar-refractivity contribution in [2.45, 2.75) is 475 Å². The van der Waals surface area contributed by atoms with Gasteiger partial charge < -0.3 is 20.3 Å². The second kappa shape index (κ2) is 77.8. The molecule has 0 aromatic rings. The third kappa shape index (κ3) is 73.4. The lowest BCUT2D eigenvalue weighted by Gasteiger charge is -2.22. The molecule has 6 heteroatoms. The molecule has 6 nitrogen and oxygen atoms in total. The first-order chi connectivity index (χ1) is 43.5. The number of carbonyl (C=O) groups is 2. The molecule has 3 N–H and O–H groups in total. The normalized spacial score (nSPS) is 12.5. The number of hydrogen-bond donors (Lipinski definition) is 3. The zero-order chi connectivity index (χ0) is 63.5. The molecule has 1 amide bonds. The van der Waals surface area contributed by atoms with Crippen molar-refractivity contribution < 1.29 is 24.5 Å². The highest BCUT2D eigenvalue weighted by atomic mass is 16.5. The molecule has 88 heavy (non-hydrogen) atoms. The lowest BCUT2D eigenvalue weighted by atomic mass is 10.0. The van der Waals surface area contributed by atoms with E-state index in [1.54, 1.807) is 0 Å². The quantitative estimate of drug-likeness (QED) is 0.0320. The first-order valence-electron chi connectivity index (χ1n) is 40.6. The zero-order valence-corrected chi connectivity index (χ0v) is 60.0. The number of ether oxygens (including phenoxy) is 1. The van der Waals surface area contributed by atoms with Crippen molar-refractivity contribution in [3.05, 3.63) is 24.3 Å². The molecular formula is C82H159NO5. The lowest BCUT2D eigenvalue weighted by molar-refractivity contribution is -0.143. The number of aliphatic hydroxyl groups excluding tert-OH is 2. The summed E-state index contributed by atoms with van der Waals surface area (Å²) in [5.74, 6) is -0.0116. The molecule has 2 unspecified atom stereocenters. The molecule has 0 heterocycles. The van der Waals surface area contributed by atoms with Crippen molar-refractivity contribution >= 4 is 11.9 Å². The van der Waals surface area contributed by atoms with Crippen LogP contribution in [0.15, 0.2) is 24.3 Å². The smallest absolute Gasteiger partial charge is 0.305 e. The van der Waals surface area contributed by atoms with E-state index >= 15 is 0 Å². The minimum Gasteiger partial charge on any atom is -0.466 e. The third-order valence-electron chi connectivity index (χ3n) is 19.2. The standard InChI is InChI=1S/C82H159NO5/c1-3-5-7-9-11-13-15-17-19-20-40-43-47-50-54-58-62-66-70-74-80(85)79(78-84)83-81(86)75-71-67-63-59-55-51-48-44-41-38-36-34-32-30-28-26-24-22-21-23-25-27-29-31-33-35-37-39-42-45-49-53-57-61-65-69-73-77-88-82(87)76-72-68-64-60-56-52-46-18-16-14-12-10-8-6-4-2/h18,21,23,46,79-80,84-85H,3-17,19-20,22,24-45,47-78H2,1-2H3,(H,83,86)/b23-21-,46-18-. The number of unbranched alkanes of at least 4 members (excludes halogenated alkanes) is 62. The Kier molecular flexibility index (Phi) is 76.3. The van der Waals surface area contributed by atoms with E-state index in [1.165, 1.54) is 385 Å². The van der Waals surface area contributed by atoms with Gasteiger partial charge in [-0.3, -0.25) is 9.59 Å². The lowest BCUT2D eigenvalue weighted by Crippen LogP contribution is -2.45. The number of nitrogens with one attached hydrogen (secondary N) is 1. The molecule has 522 valence electrons.